The maximum atomic E-state index is 12.6. The van der Waals surface area contributed by atoms with Gasteiger partial charge in [-0.15, -0.1) is 0 Å². The molecular weight excluding hydrogens is 560 g/mol. The fraction of sp³-hybridized carbons (Fsp3) is 0.457. The van der Waals surface area contributed by atoms with Gasteiger partial charge in [0.1, 0.15) is 5.75 Å². The third-order valence-corrected chi connectivity index (χ3v) is 7.00. The van der Waals surface area contributed by atoms with Crippen LogP contribution in [0.4, 0.5) is 0 Å². The summed E-state index contributed by atoms with van der Waals surface area (Å²) >= 11 is 0. The van der Waals surface area contributed by atoms with Crippen LogP contribution in [0.3, 0.4) is 0 Å². The predicted molar refractivity (Wildman–Crippen MR) is 168 cm³/mol. The molecule has 1 atom stereocenters. The maximum absolute atomic E-state index is 12.6. The number of hydrogen-bond acceptors (Lipinski definition) is 9. The SMILES string of the molecule is CCCCCCCCCCCCOc1cnc(-c2ccc(C(=O)Oc3ccc(C(=O)OC(C)C(=O)OCC)cc3)cc2)cn1. The number of carbonyl (C=O) groups is 3. The topological polar surface area (TPSA) is 114 Å². The van der Waals surface area contributed by atoms with Crippen LogP contribution < -0.4 is 9.47 Å². The molecule has 2 aromatic carbocycles. The third-order valence-electron chi connectivity index (χ3n) is 7.00. The summed E-state index contributed by atoms with van der Waals surface area (Å²) in [5.41, 5.74) is 2.03. The lowest BCUT2D eigenvalue weighted by Crippen LogP contribution is -2.26. The minimum Gasteiger partial charge on any atom is -0.477 e. The molecule has 0 aliphatic heterocycles. The summed E-state index contributed by atoms with van der Waals surface area (Å²) in [6.07, 6.45) is 15.0. The lowest BCUT2D eigenvalue weighted by molar-refractivity contribution is -0.152. The number of nitrogens with zero attached hydrogens (tertiary/aromatic N) is 2. The predicted octanol–water partition coefficient (Wildman–Crippen LogP) is 7.77. The number of aromatic nitrogens is 2. The van der Waals surface area contributed by atoms with E-state index in [4.69, 9.17) is 18.9 Å². The second-order valence-electron chi connectivity index (χ2n) is 10.6. The molecule has 0 radical (unpaired) electrons. The minimum atomic E-state index is -1.03. The summed E-state index contributed by atoms with van der Waals surface area (Å²) in [4.78, 5) is 45.4. The first kappa shape index (κ1) is 34.2. The maximum Gasteiger partial charge on any atom is 0.347 e. The molecule has 236 valence electrons. The van der Waals surface area contributed by atoms with Crippen LogP contribution in [0.25, 0.3) is 11.3 Å². The molecule has 9 heteroatoms. The highest BCUT2D eigenvalue weighted by molar-refractivity contribution is 5.93. The Balaban J connectivity index is 1.39. The van der Waals surface area contributed by atoms with Crippen molar-refractivity contribution in [3.63, 3.8) is 0 Å². The van der Waals surface area contributed by atoms with E-state index >= 15 is 0 Å². The molecule has 0 saturated heterocycles. The van der Waals surface area contributed by atoms with Gasteiger partial charge in [-0.2, -0.15) is 0 Å². The van der Waals surface area contributed by atoms with E-state index in [2.05, 4.69) is 16.9 Å². The quantitative estimate of drug-likeness (QED) is 0.0769. The first-order valence-corrected chi connectivity index (χ1v) is 15.7. The molecule has 0 spiro atoms. The molecule has 3 rings (SSSR count). The van der Waals surface area contributed by atoms with E-state index in [0.717, 1.165) is 18.4 Å². The van der Waals surface area contributed by atoms with E-state index in [1.807, 2.05) is 0 Å². The number of unbranched alkanes of at least 4 members (excludes halogenated alkanes) is 9. The Morgan fingerprint density at radius 1 is 0.705 bits per heavy atom. The van der Waals surface area contributed by atoms with Crippen LogP contribution in [-0.4, -0.2) is 47.2 Å². The Bertz CT molecular complexity index is 1290. The second-order valence-corrected chi connectivity index (χ2v) is 10.6. The van der Waals surface area contributed by atoms with Crippen LogP contribution in [0.1, 0.15) is 106 Å². The molecule has 0 saturated carbocycles. The summed E-state index contributed by atoms with van der Waals surface area (Å²) < 4.78 is 21.1. The zero-order valence-corrected chi connectivity index (χ0v) is 26.1. The standard InChI is InChI=1S/C35H44N2O7/c1-4-6-7-8-9-10-11-12-13-14-23-42-32-25-36-31(24-37-32)27-15-17-28(18-16-27)35(40)44-30-21-19-29(20-22-30)34(39)43-26(3)33(38)41-5-2/h15-22,24-26H,4-14,23H2,1-3H3. The zero-order valence-electron chi connectivity index (χ0n) is 26.1. The number of hydrogen-bond donors (Lipinski definition) is 0. The summed E-state index contributed by atoms with van der Waals surface area (Å²) in [7, 11) is 0. The lowest BCUT2D eigenvalue weighted by Gasteiger charge is -2.12. The van der Waals surface area contributed by atoms with Crippen LogP contribution >= 0.6 is 0 Å². The molecule has 1 heterocycles. The van der Waals surface area contributed by atoms with Crippen molar-refractivity contribution < 1.29 is 33.3 Å². The molecule has 0 bridgehead atoms. The Morgan fingerprint density at radius 2 is 1.30 bits per heavy atom. The smallest absolute Gasteiger partial charge is 0.347 e. The van der Waals surface area contributed by atoms with Gasteiger partial charge in [-0.05, 0) is 56.7 Å². The highest BCUT2D eigenvalue weighted by Crippen LogP contribution is 2.20. The van der Waals surface area contributed by atoms with Gasteiger partial charge in [0, 0.05) is 5.56 Å². The molecule has 0 amide bonds. The summed E-state index contributed by atoms with van der Waals surface area (Å²) in [5, 5.41) is 0. The number of carbonyl (C=O) groups excluding carboxylic acids is 3. The van der Waals surface area contributed by atoms with Crippen LogP contribution in [0.5, 0.6) is 11.6 Å². The number of esters is 3. The largest absolute Gasteiger partial charge is 0.477 e. The molecule has 0 aliphatic carbocycles. The highest BCUT2D eigenvalue weighted by Gasteiger charge is 2.20. The Morgan fingerprint density at radius 3 is 1.89 bits per heavy atom. The lowest BCUT2D eigenvalue weighted by atomic mass is 10.1. The Labute approximate surface area is 260 Å². The normalized spacial score (nSPS) is 11.4. The van der Waals surface area contributed by atoms with Crippen LogP contribution in [0.2, 0.25) is 0 Å². The van der Waals surface area contributed by atoms with E-state index in [-0.39, 0.29) is 17.9 Å². The summed E-state index contributed by atoms with van der Waals surface area (Å²) in [6, 6.07) is 12.7. The molecule has 1 aromatic heterocycles. The summed E-state index contributed by atoms with van der Waals surface area (Å²) in [6.45, 7) is 6.18. The second kappa shape index (κ2) is 19.1. The van der Waals surface area contributed by atoms with Crippen LogP contribution in [0, 0.1) is 0 Å². The van der Waals surface area contributed by atoms with Crippen molar-refractivity contribution >= 4 is 17.9 Å². The first-order chi connectivity index (χ1) is 21.4. The molecule has 3 aromatic rings. The fourth-order valence-corrected chi connectivity index (χ4v) is 4.44. The van der Waals surface area contributed by atoms with Crippen LogP contribution in [0.15, 0.2) is 60.9 Å². The van der Waals surface area contributed by atoms with Gasteiger partial charge >= 0.3 is 17.9 Å². The van der Waals surface area contributed by atoms with Crippen molar-refractivity contribution in [3.05, 3.63) is 72.1 Å². The van der Waals surface area contributed by atoms with E-state index in [0.29, 0.717) is 23.7 Å². The van der Waals surface area contributed by atoms with Crippen molar-refractivity contribution in [1.82, 2.24) is 9.97 Å². The van der Waals surface area contributed by atoms with Gasteiger partial charge in [0.15, 0.2) is 6.10 Å². The molecule has 0 aliphatic rings. The van der Waals surface area contributed by atoms with E-state index in [1.54, 1.807) is 43.6 Å². The monoisotopic (exact) mass is 604 g/mol. The molecule has 9 nitrogen and oxygen atoms in total. The van der Waals surface area contributed by atoms with Crippen molar-refractivity contribution in [2.24, 2.45) is 0 Å². The van der Waals surface area contributed by atoms with E-state index in [9.17, 15) is 14.4 Å². The number of benzene rings is 2. The minimum absolute atomic E-state index is 0.194. The fourth-order valence-electron chi connectivity index (χ4n) is 4.44. The van der Waals surface area contributed by atoms with Gasteiger partial charge in [-0.3, -0.25) is 0 Å². The van der Waals surface area contributed by atoms with Crippen molar-refractivity contribution in [3.8, 4) is 22.9 Å². The van der Waals surface area contributed by atoms with Crippen molar-refractivity contribution in [1.29, 1.82) is 0 Å². The van der Waals surface area contributed by atoms with Crippen molar-refractivity contribution in [2.45, 2.75) is 91.1 Å². The highest BCUT2D eigenvalue weighted by atomic mass is 16.6. The average molecular weight is 605 g/mol. The first-order valence-electron chi connectivity index (χ1n) is 15.7. The molecule has 44 heavy (non-hydrogen) atoms. The molecule has 0 fully saturated rings. The molecule has 1 unspecified atom stereocenters. The van der Waals surface area contributed by atoms with Gasteiger partial charge < -0.3 is 18.9 Å². The van der Waals surface area contributed by atoms with E-state index < -0.39 is 24.0 Å². The number of rotatable bonds is 19. The zero-order chi connectivity index (χ0) is 31.6. The molecular formula is C35H44N2O7. The Kier molecular flexibility index (Phi) is 14.9. The van der Waals surface area contributed by atoms with Crippen LogP contribution in [-0.2, 0) is 14.3 Å². The van der Waals surface area contributed by atoms with E-state index in [1.165, 1.54) is 82.6 Å². The van der Waals surface area contributed by atoms with Gasteiger partial charge in [0.25, 0.3) is 0 Å². The van der Waals surface area contributed by atoms with Crippen molar-refractivity contribution in [2.75, 3.05) is 13.2 Å². The van der Waals surface area contributed by atoms with Gasteiger partial charge in [-0.1, -0.05) is 76.8 Å². The van der Waals surface area contributed by atoms with Gasteiger partial charge in [0.2, 0.25) is 5.88 Å². The number of ether oxygens (including phenoxy) is 4. The average Bonchev–Trinajstić information content (AvgIpc) is 3.04. The molecule has 0 N–H and O–H groups in total. The third kappa shape index (κ3) is 11.8. The Hall–Kier alpha value is -4.27. The summed E-state index contributed by atoms with van der Waals surface area (Å²) in [5.74, 6) is -1.10. The van der Waals surface area contributed by atoms with Gasteiger partial charge in [0.05, 0.1) is 42.4 Å². The van der Waals surface area contributed by atoms with Gasteiger partial charge in [-0.25, -0.2) is 24.4 Å².